The van der Waals surface area contributed by atoms with Crippen molar-refractivity contribution in [3.8, 4) is 10.4 Å². The summed E-state index contributed by atoms with van der Waals surface area (Å²) in [5.41, 5.74) is 7.38. The summed E-state index contributed by atoms with van der Waals surface area (Å²) in [4.78, 5) is 18.0. The number of nitrogens with zero attached hydrogens (tertiary/aromatic N) is 2. The van der Waals surface area contributed by atoms with Gasteiger partial charge >= 0.3 is 0 Å². The van der Waals surface area contributed by atoms with Crippen LogP contribution >= 0.6 is 11.3 Å². The maximum Gasteiger partial charge on any atom is 0.254 e. The molecule has 1 aliphatic carbocycles. The van der Waals surface area contributed by atoms with Gasteiger partial charge in [-0.15, -0.1) is 11.3 Å². The third kappa shape index (κ3) is 2.45. The van der Waals surface area contributed by atoms with Gasteiger partial charge in [0.15, 0.2) is 0 Å². The van der Waals surface area contributed by atoms with Crippen molar-refractivity contribution >= 4 is 17.4 Å². The fourth-order valence-electron chi connectivity index (χ4n) is 3.08. The highest BCUT2D eigenvalue weighted by Gasteiger charge is 2.20. The van der Waals surface area contributed by atoms with Crippen molar-refractivity contribution in [3.63, 3.8) is 0 Å². The van der Waals surface area contributed by atoms with Gasteiger partial charge in [-0.2, -0.15) is 0 Å². The first-order valence-electron chi connectivity index (χ1n) is 7.60. The Morgan fingerprint density at radius 3 is 2.91 bits per heavy atom. The van der Waals surface area contributed by atoms with Gasteiger partial charge in [-0.3, -0.25) is 4.79 Å². The SMILES string of the molecule is Cn1cc(-c2scnc2Cc2ccccc2)c2c(c1=O)CC=C2. The van der Waals surface area contributed by atoms with Crippen LogP contribution in [0, 0.1) is 0 Å². The topological polar surface area (TPSA) is 34.9 Å². The van der Waals surface area contributed by atoms with Gasteiger partial charge in [0.25, 0.3) is 5.56 Å². The molecule has 4 rings (SSSR count). The highest BCUT2D eigenvalue weighted by molar-refractivity contribution is 7.13. The zero-order valence-electron chi connectivity index (χ0n) is 12.8. The summed E-state index contributed by atoms with van der Waals surface area (Å²) < 4.78 is 1.69. The van der Waals surface area contributed by atoms with Gasteiger partial charge in [-0.1, -0.05) is 42.5 Å². The quantitative estimate of drug-likeness (QED) is 0.738. The lowest BCUT2D eigenvalue weighted by Crippen LogP contribution is -2.21. The number of rotatable bonds is 3. The predicted molar refractivity (Wildman–Crippen MR) is 94.8 cm³/mol. The summed E-state index contributed by atoms with van der Waals surface area (Å²) in [5, 5.41) is 0. The van der Waals surface area contributed by atoms with Crippen molar-refractivity contribution in [2.24, 2.45) is 7.05 Å². The minimum Gasteiger partial charge on any atom is -0.318 e. The normalized spacial score (nSPS) is 12.6. The van der Waals surface area contributed by atoms with E-state index < -0.39 is 0 Å². The molecule has 0 saturated carbocycles. The van der Waals surface area contributed by atoms with E-state index in [0.717, 1.165) is 40.1 Å². The Labute approximate surface area is 138 Å². The Hall–Kier alpha value is -2.46. The molecule has 0 N–H and O–H groups in total. The van der Waals surface area contributed by atoms with Crippen molar-refractivity contribution < 1.29 is 0 Å². The van der Waals surface area contributed by atoms with E-state index >= 15 is 0 Å². The number of aryl methyl sites for hydroxylation is 1. The monoisotopic (exact) mass is 320 g/mol. The number of pyridine rings is 1. The smallest absolute Gasteiger partial charge is 0.254 e. The Balaban J connectivity index is 1.83. The van der Waals surface area contributed by atoms with Crippen LogP contribution in [0.3, 0.4) is 0 Å². The van der Waals surface area contributed by atoms with Crippen LogP contribution in [0.1, 0.15) is 22.4 Å². The number of aromatic nitrogens is 2. The average Bonchev–Trinajstić information content (AvgIpc) is 3.21. The molecule has 4 heteroatoms. The van der Waals surface area contributed by atoms with Crippen LogP contribution in [-0.4, -0.2) is 9.55 Å². The van der Waals surface area contributed by atoms with Crippen LogP contribution in [0.2, 0.25) is 0 Å². The van der Waals surface area contributed by atoms with Crippen molar-refractivity contribution in [3.05, 3.63) is 80.9 Å². The summed E-state index contributed by atoms with van der Waals surface area (Å²) in [5.74, 6) is 0. The van der Waals surface area contributed by atoms with E-state index in [1.54, 1.807) is 15.9 Å². The summed E-state index contributed by atoms with van der Waals surface area (Å²) >= 11 is 1.64. The molecule has 0 spiro atoms. The lowest BCUT2D eigenvalue weighted by Gasteiger charge is -2.10. The average molecular weight is 320 g/mol. The summed E-state index contributed by atoms with van der Waals surface area (Å²) in [7, 11) is 1.82. The van der Waals surface area contributed by atoms with Crippen LogP contribution in [0.5, 0.6) is 0 Å². The number of fused-ring (bicyclic) bond motifs is 1. The van der Waals surface area contributed by atoms with E-state index in [2.05, 4.69) is 29.3 Å². The molecule has 0 aliphatic heterocycles. The van der Waals surface area contributed by atoms with E-state index in [1.165, 1.54) is 5.56 Å². The molecule has 3 nitrogen and oxygen atoms in total. The molecule has 0 bridgehead atoms. The highest BCUT2D eigenvalue weighted by atomic mass is 32.1. The fourth-order valence-corrected chi connectivity index (χ4v) is 3.91. The third-order valence-corrected chi connectivity index (χ3v) is 5.13. The molecular weight excluding hydrogens is 304 g/mol. The summed E-state index contributed by atoms with van der Waals surface area (Å²) in [6.45, 7) is 0. The zero-order valence-corrected chi connectivity index (χ0v) is 13.6. The molecule has 2 heterocycles. The Morgan fingerprint density at radius 2 is 2.09 bits per heavy atom. The lowest BCUT2D eigenvalue weighted by molar-refractivity contribution is 0.845. The van der Waals surface area contributed by atoms with E-state index in [1.807, 2.05) is 37.0 Å². The minimum absolute atomic E-state index is 0.0999. The Morgan fingerprint density at radius 1 is 1.26 bits per heavy atom. The summed E-state index contributed by atoms with van der Waals surface area (Å²) in [6, 6.07) is 10.4. The van der Waals surface area contributed by atoms with Gasteiger partial charge in [0, 0.05) is 30.8 Å². The predicted octanol–water partition coefficient (Wildman–Crippen LogP) is 3.67. The lowest BCUT2D eigenvalue weighted by atomic mass is 10.0. The first kappa shape index (κ1) is 14.2. The number of benzene rings is 1. The molecule has 1 aromatic carbocycles. The van der Waals surface area contributed by atoms with Crippen LogP contribution in [0.25, 0.3) is 16.5 Å². The molecule has 1 aliphatic rings. The van der Waals surface area contributed by atoms with E-state index in [9.17, 15) is 4.79 Å². The van der Waals surface area contributed by atoms with Crippen LogP contribution in [0.4, 0.5) is 0 Å². The number of hydrogen-bond donors (Lipinski definition) is 0. The minimum atomic E-state index is 0.0999. The third-order valence-electron chi connectivity index (χ3n) is 4.22. The molecule has 114 valence electrons. The number of hydrogen-bond acceptors (Lipinski definition) is 3. The molecule has 0 atom stereocenters. The van der Waals surface area contributed by atoms with Gasteiger partial charge in [0.05, 0.1) is 16.1 Å². The van der Waals surface area contributed by atoms with Gasteiger partial charge in [0.2, 0.25) is 0 Å². The Kier molecular flexibility index (Phi) is 3.46. The largest absolute Gasteiger partial charge is 0.318 e. The van der Waals surface area contributed by atoms with Gasteiger partial charge in [-0.25, -0.2) is 4.98 Å². The molecule has 0 saturated heterocycles. The second kappa shape index (κ2) is 5.63. The van der Waals surface area contributed by atoms with Gasteiger partial charge in [0.1, 0.15) is 0 Å². The first-order valence-corrected chi connectivity index (χ1v) is 8.47. The van der Waals surface area contributed by atoms with Gasteiger partial charge < -0.3 is 4.57 Å². The first-order chi connectivity index (χ1) is 11.2. The molecular formula is C19H16N2OS. The maximum atomic E-state index is 12.3. The van der Waals surface area contributed by atoms with Crippen molar-refractivity contribution in [1.29, 1.82) is 0 Å². The van der Waals surface area contributed by atoms with Crippen molar-refractivity contribution in [1.82, 2.24) is 9.55 Å². The van der Waals surface area contributed by atoms with Crippen LogP contribution < -0.4 is 5.56 Å². The standard InChI is InChI=1S/C19H16N2OS/c1-21-11-16(14-8-5-9-15(14)19(21)22)18-17(20-12-23-18)10-13-6-3-2-4-7-13/h2-8,11-12H,9-10H2,1H3. The molecule has 0 fully saturated rings. The van der Waals surface area contributed by atoms with Crippen molar-refractivity contribution in [2.45, 2.75) is 12.8 Å². The number of allylic oxidation sites excluding steroid dienone is 1. The van der Waals surface area contributed by atoms with E-state index in [0.29, 0.717) is 0 Å². The second-order valence-electron chi connectivity index (χ2n) is 5.75. The molecule has 23 heavy (non-hydrogen) atoms. The fraction of sp³-hybridized carbons (Fsp3) is 0.158. The zero-order chi connectivity index (χ0) is 15.8. The highest BCUT2D eigenvalue weighted by Crippen LogP contribution is 2.34. The molecule has 0 unspecified atom stereocenters. The molecule has 2 aromatic heterocycles. The Bertz CT molecular complexity index is 951. The van der Waals surface area contributed by atoms with E-state index in [-0.39, 0.29) is 5.56 Å². The molecule has 0 amide bonds. The van der Waals surface area contributed by atoms with Gasteiger partial charge in [-0.05, 0) is 17.5 Å². The second-order valence-corrected chi connectivity index (χ2v) is 6.60. The summed E-state index contributed by atoms with van der Waals surface area (Å²) in [6.07, 6.45) is 7.61. The van der Waals surface area contributed by atoms with Crippen LogP contribution in [-0.2, 0) is 19.9 Å². The molecule has 3 aromatic rings. The van der Waals surface area contributed by atoms with E-state index in [4.69, 9.17) is 0 Å². The maximum absolute atomic E-state index is 12.3. The van der Waals surface area contributed by atoms with Crippen molar-refractivity contribution in [2.75, 3.05) is 0 Å². The number of thiazole rings is 1. The molecule has 0 radical (unpaired) electrons. The van der Waals surface area contributed by atoms with Crippen LogP contribution in [0.15, 0.2) is 52.9 Å².